The third-order valence-electron chi connectivity index (χ3n) is 27.9. The predicted octanol–water partition coefficient (Wildman–Crippen LogP) is 18.3. The van der Waals surface area contributed by atoms with Crippen molar-refractivity contribution in [2.75, 3.05) is 11.0 Å². The van der Waals surface area contributed by atoms with Crippen LogP contribution in [0.4, 0.5) is 0 Å². The Bertz CT molecular complexity index is 2530. The Kier molecular flexibility index (Phi) is 18.0. The largest absolute Gasteiger partial charge is 0.481 e. The zero-order valence-electron chi connectivity index (χ0n) is 54.1. The number of carboxylic acid groups (broad SMARTS) is 1. The van der Waals surface area contributed by atoms with Crippen LogP contribution in [0.2, 0.25) is 0 Å². The van der Waals surface area contributed by atoms with Gasteiger partial charge in [0.05, 0.1) is 17.4 Å². The lowest BCUT2D eigenvalue weighted by molar-refractivity contribution is -0.188. The summed E-state index contributed by atoms with van der Waals surface area (Å²) in [5.74, 6) is 1.29. The molecule has 0 amide bonds. The van der Waals surface area contributed by atoms with E-state index in [1.165, 1.54) is 54.1 Å². The molecule has 0 unspecified atom stereocenters. The molecule has 0 aromatic heterocycles. The van der Waals surface area contributed by atoms with Gasteiger partial charge >= 0.3 is 11.9 Å². The average molecular weight is 1230 g/mol. The Balaban J connectivity index is 0.000000192. The molecule has 1 N–H and O–H groups in total. The number of carbonyl (C=O) groups excluding carboxylic acids is 5. The number of rotatable bonds is 11. The maximum Gasteiger partial charge on any atom is 0.311 e. The quantitative estimate of drug-likeness (QED) is 0.0936. The number of ether oxygens (including phenoxy) is 1. The highest BCUT2D eigenvalue weighted by molar-refractivity contribution is 14.1. The van der Waals surface area contributed by atoms with Crippen LogP contribution in [0.5, 0.6) is 0 Å². The number of Topliss-reactive ketones (excluding diaryl/α,β-unsaturated/α-hetero) is 2. The van der Waals surface area contributed by atoms with Gasteiger partial charge in [-0.05, 0) is 213 Å². The standard InChI is InChI=1S/C36H56O4.C30H44O4.C6H13I/c1-9-10-11-12-21-40-30(39)33(5)18-17-32(4)19-20-35(7)24(25(32)23-33)22-26(37)29-34(6)15-14-28(38)31(2,3)27(34)13-16-36(29,35)8;1-25(2)21-8-11-30(7)23(28(21,5)10-9-22(25)32)20(31)16-18-19-17-27(4,24(33)34)13-12-26(19,3)14-15-29(18,30)6;1-2-3-4-5-6-7/h22,25,27,29H,9-21,23H2,1-8H3;16,19,21,23H,8-15,17H2,1-7H3,(H,33,34);2-6H2,1H3/t25-,27+,29-,32-,33+,34+,35-,36-;19-,21+,23-,26-,27+,28+,29-,30-;/m11./s1. The molecule has 456 valence electrons. The van der Waals surface area contributed by atoms with Crippen LogP contribution in [0.1, 0.15) is 278 Å². The van der Waals surface area contributed by atoms with Gasteiger partial charge in [0.1, 0.15) is 11.6 Å². The molecule has 9 heteroatoms. The van der Waals surface area contributed by atoms with Gasteiger partial charge in [0.2, 0.25) is 0 Å². The summed E-state index contributed by atoms with van der Waals surface area (Å²) in [4.78, 5) is 80.2. The second kappa shape index (κ2) is 22.5. The molecule has 8 nitrogen and oxygen atoms in total. The zero-order valence-corrected chi connectivity index (χ0v) is 56.3. The fourth-order valence-corrected chi connectivity index (χ4v) is 22.3. The summed E-state index contributed by atoms with van der Waals surface area (Å²) in [5, 5.41) is 10.0. The number of hydrogen-bond donors (Lipinski definition) is 1. The van der Waals surface area contributed by atoms with Crippen molar-refractivity contribution in [2.24, 2.45) is 100 Å². The van der Waals surface area contributed by atoms with Crippen LogP contribution >= 0.6 is 22.6 Å². The van der Waals surface area contributed by atoms with Crippen molar-refractivity contribution < 1.29 is 38.6 Å². The van der Waals surface area contributed by atoms with Crippen molar-refractivity contribution in [1.82, 2.24) is 0 Å². The summed E-state index contributed by atoms with van der Waals surface area (Å²) < 4.78 is 7.21. The number of alkyl halides is 1. The number of allylic oxidation sites excluding steroid dienone is 4. The number of carbonyl (C=O) groups is 6. The van der Waals surface area contributed by atoms with E-state index >= 15 is 0 Å². The van der Waals surface area contributed by atoms with Crippen molar-refractivity contribution in [3.63, 3.8) is 0 Å². The lowest BCUT2D eigenvalue weighted by atomic mass is 9.33. The second-order valence-corrected chi connectivity index (χ2v) is 34.1. The highest BCUT2D eigenvalue weighted by Crippen LogP contribution is 2.77. The Hall–Kier alpha value is -2.17. The van der Waals surface area contributed by atoms with E-state index in [4.69, 9.17) is 4.74 Å². The number of halogens is 1. The number of ketones is 4. The molecule has 0 spiro atoms. The van der Waals surface area contributed by atoms with Crippen molar-refractivity contribution >= 4 is 57.7 Å². The molecule has 0 aromatic rings. The van der Waals surface area contributed by atoms with Crippen LogP contribution in [-0.2, 0) is 33.5 Å². The monoisotopic (exact) mass is 1230 g/mol. The molecule has 0 saturated heterocycles. The molecular formula is C72H113IO8. The third-order valence-corrected chi connectivity index (χ3v) is 28.6. The molecule has 0 heterocycles. The molecule has 0 aliphatic heterocycles. The summed E-state index contributed by atoms with van der Waals surface area (Å²) in [5.41, 5.74) is 0.0249. The van der Waals surface area contributed by atoms with Crippen LogP contribution in [0.25, 0.3) is 0 Å². The van der Waals surface area contributed by atoms with Crippen LogP contribution in [0.15, 0.2) is 23.3 Å². The van der Waals surface area contributed by atoms with Crippen LogP contribution < -0.4 is 0 Å². The lowest BCUT2D eigenvalue weighted by Crippen LogP contribution is -2.66. The third kappa shape index (κ3) is 10.3. The Labute approximate surface area is 505 Å². The van der Waals surface area contributed by atoms with E-state index in [1.54, 1.807) is 0 Å². The first-order chi connectivity index (χ1) is 37.6. The fourth-order valence-electron chi connectivity index (χ4n) is 21.7. The first-order valence-electron chi connectivity index (χ1n) is 33.1. The van der Waals surface area contributed by atoms with Gasteiger partial charge in [-0.1, -0.05) is 169 Å². The molecule has 10 rings (SSSR count). The second-order valence-electron chi connectivity index (χ2n) is 33.0. The maximum atomic E-state index is 14.4. The van der Waals surface area contributed by atoms with Gasteiger partial charge in [0.25, 0.3) is 0 Å². The molecule has 8 saturated carbocycles. The van der Waals surface area contributed by atoms with Crippen molar-refractivity contribution in [3.8, 4) is 0 Å². The van der Waals surface area contributed by atoms with E-state index in [1.807, 2.05) is 13.0 Å². The van der Waals surface area contributed by atoms with E-state index in [2.05, 4.69) is 133 Å². The van der Waals surface area contributed by atoms with E-state index in [9.17, 15) is 33.9 Å². The lowest BCUT2D eigenvalue weighted by Gasteiger charge is -2.69. The average Bonchev–Trinajstić information content (AvgIpc) is 3.57. The SMILES string of the molecule is CC1(C)C(=O)CC[C@]2(C)[C@H]3C(=O)C=C4[C@H]5C[C@@](C)(C(=O)O)CC[C@]5(C)CC[C@@]4(C)[C@]3(C)CC[C@@H]12.CCCCCCI.CCCCCCOC(=O)[C@@]1(C)CC[C@]2(C)CC[C@]3(C)C(=CC(=O)[C@@H]4[C@@]5(C)CCC(=O)C(C)(C)[C@@H]5CC[C@]43C)[C@H]2C1. The zero-order chi connectivity index (χ0) is 60.0. The van der Waals surface area contributed by atoms with Gasteiger partial charge in [-0.15, -0.1) is 0 Å². The van der Waals surface area contributed by atoms with Crippen LogP contribution in [0, 0.1) is 100 Å². The number of esters is 1. The van der Waals surface area contributed by atoms with Gasteiger partial charge in [-0.2, -0.15) is 0 Å². The van der Waals surface area contributed by atoms with Gasteiger partial charge < -0.3 is 9.84 Å². The van der Waals surface area contributed by atoms with E-state index < -0.39 is 16.8 Å². The van der Waals surface area contributed by atoms with E-state index in [-0.39, 0.29) is 101 Å². The molecule has 81 heavy (non-hydrogen) atoms. The number of unbranched alkanes of at least 4 members (excludes halogenated alkanes) is 6. The summed E-state index contributed by atoms with van der Waals surface area (Å²) in [6.45, 7) is 36.5. The van der Waals surface area contributed by atoms with Crippen LogP contribution in [-0.4, -0.2) is 51.2 Å². The first-order valence-corrected chi connectivity index (χ1v) is 34.6. The number of hydrogen-bond acceptors (Lipinski definition) is 7. The Morgan fingerprint density at radius 3 is 1.32 bits per heavy atom. The van der Waals surface area contributed by atoms with Crippen molar-refractivity contribution in [3.05, 3.63) is 23.3 Å². The van der Waals surface area contributed by atoms with Crippen molar-refractivity contribution in [1.29, 1.82) is 0 Å². The highest BCUT2D eigenvalue weighted by atomic mass is 127. The first kappa shape index (κ1) is 64.8. The van der Waals surface area contributed by atoms with Crippen molar-refractivity contribution in [2.45, 2.75) is 278 Å². The fraction of sp³-hybridized carbons (Fsp3) is 0.861. The normalized spacial score (nSPS) is 45.3. The molecular weight excluding hydrogens is 1120 g/mol. The number of carboxylic acids is 1. The topological polar surface area (TPSA) is 132 Å². The molecule has 10 aliphatic rings. The minimum atomic E-state index is -0.721. The molecule has 16 atom stereocenters. The summed E-state index contributed by atoms with van der Waals surface area (Å²) in [6.07, 6.45) is 30.2. The predicted molar refractivity (Wildman–Crippen MR) is 335 cm³/mol. The maximum absolute atomic E-state index is 14.4. The van der Waals surface area contributed by atoms with Gasteiger partial charge in [0.15, 0.2) is 11.6 Å². The minimum Gasteiger partial charge on any atom is -0.481 e. The summed E-state index contributed by atoms with van der Waals surface area (Å²) in [6, 6.07) is 0. The number of aliphatic carboxylic acids is 1. The number of fused-ring (bicyclic) bond motifs is 14. The summed E-state index contributed by atoms with van der Waals surface area (Å²) in [7, 11) is 0. The summed E-state index contributed by atoms with van der Waals surface area (Å²) >= 11 is 2.43. The molecule has 0 bridgehead atoms. The minimum absolute atomic E-state index is 0.0349. The highest BCUT2D eigenvalue weighted by Gasteiger charge is 2.72. The van der Waals surface area contributed by atoms with E-state index in [0.29, 0.717) is 43.2 Å². The van der Waals surface area contributed by atoms with E-state index in [0.717, 1.165) is 109 Å². The molecule has 0 radical (unpaired) electrons. The molecule has 10 aliphatic carbocycles. The van der Waals surface area contributed by atoms with Gasteiger partial charge in [-0.3, -0.25) is 28.8 Å². The Morgan fingerprint density at radius 1 is 0.519 bits per heavy atom. The Morgan fingerprint density at radius 2 is 0.914 bits per heavy atom. The molecule has 0 aromatic carbocycles. The van der Waals surface area contributed by atoms with Gasteiger partial charge in [0, 0.05) is 35.5 Å². The smallest absolute Gasteiger partial charge is 0.311 e. The molecule has 8 fully saturated rings. The van der Waals surface area contributed by atoms with Crippen LogP contribution in [0.3, 0.4) is 0 Å². The van der Waals surface area contributed by atoms with Gasteiger partial charge in [-0.25, -0.2) is 0 Å².